The molecule has 0 saturated heterocycles. The van der Waals surface area contributed by atoms with Gasteiger partial charge in [0.1, 0.15) is 0 Å². The molecule has 0 amide bonds. The molecule has 1 unspecified atom stereocenters. The van der Waals surface area contributed by atoms with E-state index in [4.69, 9.17) is 4.98 Å². The van der Waals surface area contributed by atoms with Crippen molar-refractivity contribution in [3.05, 3.63) is 89.6 Å². The van der Waals surface area contributed by atoms with E-state index in [1.165, 1.54) is 16.7 Å². The molecule has 3 aromatic rings. The zero-order chi connectivity index (χ0) is 21.7. The molecule has 0 aliphatic rings. The zero-order valence-corrected chi connectivity index (χ0v) is 18.1. The van der Waals surface area contributed by atoms with Gasteiger partial charge in [0.25, 0.3) is 0 Å². The van der Waals surface area contributed by atoms with Crippen molar-refractivity contribution in [1.29, 1.82) is 5.26 Å². The molecule has 1 heterocycles. The van der Waals surface area contributed by atoms with Crippen LogP contribution >= 0.6 is 0 Å². The van der Waals surface area contributed by atoms with Crippen LogP contribution in [0.25, 0.3) is 22.2 Å². The highest BCUT2D eigenvalue weighted by molar-refractivity contribution is 5.96. The van der Waals surface area contributed by atoms with Crippen molar-refractivity contribution in [3.8, 4) is 6.07 Å². The average molecular weight is 396 g/mol. The molecule has 152 valence electrons. The molecule has 0 fully saturated rings. The van der Waals surface area contributed by atoms with Crippen molar-refractivity contribution in [2.45, 2.75) is 46.1 Å². The summed E-state index contributed by atoms with van der Waals surface area (Å²) >= 11 is 0. The van der Waals surface area contributed by atoms with Gasteiger partial charge in [0.05, 0.1) is 28.5 Å². The van der Waals surface area contributed by atoms with Crippen LogP contribution in [0.15, 0.2) is 61.7 Å². The Morgan fingerprint density at radius 3 is 2.40 bits per heavy atom. The molecule has 0 aliphatic carbocycles. The number of fused-ring (bicyclic) bond motifs is 1. The third-order valence-corrected chi connectivity index (χ3v) is 5.52. The maximum atomic E-state index is 9.46. The van der Waals surface area contributed by atoms with Crippen LogP contribution in [-0.2, 0) is 12.8 Å². The number of allylic oxidation sites excluding steroid dienone is 1. The van der Waals surface area contributed by atoms with Crippen molar-refractivity contribution in [2.75, 3.05) is 0 Å². The number of hydrogen-bond acceptors (Lipinski definition) is 3. The molecule has 0 spiro atoms. The highest BCUT2D eigenvalue weighted by atomic mass is 14.9. The first-order valence-electron chi connectivity index (χ1n) is 10.5. The number of pyridine rings is 1. The first-order chi connectivity index (χ1) is 14.4. The third-order valence-electron chi connectivity index (χ3n) is 5.52. The molecule has 3 nitrogen and oxygen atoms in total. The number of nitrogens with one attached hydrogen (secondary N) is 1. The predicted molar refractivity (Wildman–Crippen MR) is 127 cm³/mol. The lowest BCUT2D eigenvalue weighted by atomic mass is 9.98. The van der Waals surface area contributed by atoms with Crippen molar-refractivity contribution in [1.82, 2.24) is 10.3 Å². The van der Waals surface area contributed by atoms with E-state index < -0.39 is 0 Å². The van der Waals surface area contributed by atoms with E-state index in [9.17, 15) is 5.26 Å². The van der Waals surface area contributed by atoms with E-state index in [2.05, 4.69) is 81.7 Å². The average Bonchev–Trinajstić information content (AvgIpc) is 2.78. The Balaban J connectivity index is 1.90. The van der Waals surface area contributed by atoms with E-state index in [0.717, 1.165) is 47.1 Å². The Hall–Kier alpha value is -3.38. The summed E-state index contributed by atoms with van der Waals surface area (Å²) in [6, 6.07) is 19.2. The molecule has 0 aliphatic heterocycles. The van der Waals surface area contributed by atoms with Gasteiger partial charge in [-0.1, -0.05) is 62.9 Å². The summed E-state index contributed by atoms with van der Waals surface area (Å²) in [6.07, 6.45) is 2.82. The summed E-state index contributed by atoms with van der Waals surface area (Å²) in [7, 11) is 0. The lowest BCUT2D eigenvalue weighted by Gasteiger charge is -2.21. The van der Waals surface area contributed by atoms with Gasteiger partial charge >= 0.3 is 0 Å². The Bertz CT molecular complexity index is 1120. The van der Waals surface area contributed by atoms with Crippen LogP contribution in [0.2, 0.25) is 0 Å². The SMILES string of the molecule is C=C(NC(CC)Cc1ccc(C)cc1)c1cc(C(=C)C#N)c2cc(CC)ccc2n1. The molecule has 0 saturated carbocycles. The summed E-state index contributed by atoms with van der Waals surface area (Å²) in [5, 5.41) is 14.0. The fourth-order valence-electron chi connectivity index (χ4n) is 3.58. The second kappa shape index (κ2) is 9.41. The fraction of sp³-hybridized carbons (Fsp3) is 0.259. The van der Waals surface area contributed by atoms with Crippen LogP contribution in [0.5, 0.6) is 0 Å². The van der Waals surface area contributed by atoms with E-state index in [-0.39, 0.29) is 6.04 Å². The van der Waals surface area contributed by atoms with Gasteiger partial charge in [-0.2, -0.15) is 5.26 Å². The number of nitrogens with zero attached hydrogens (tertiary/aromatic N) is 2. The number of benzene rings is 2. The molecule has 0 radical (unpaired) electrons. The number of rotatable bonds is 8. The standard InChI is InChI=1S/C27H29N3/c1-6-21-12-13-26-25(15-21)24(19(4)17-28)16-27(30-26)20(5)29-23(7-2)14-22-10-8-18(3)9-11-22/h8-13,15-16,23,29H,4-7,14H2,1-3H3. The van der Waals surface area contributed by atoms with Crippen LogP contribution in [0.1, 0.15) is 48.2 Å². The molecule has 0 bridgehead atoms. The van der Waals surface area contributed by atoms with Gasteiger partial charge in [-0.25, -0.2) is 4.98 Å². The Kier molecular flexibility index (Phi) is 6.69. The Morgan fingerprint density at radius 1 is 1.07 bits per heavy atom. The summed E-state index contributed by atoms with van der Waals surface area (Å²) in [5.41, 5.74) is 7.41. The highest BCUT2D eigenvalue weighted by Gasteiger charge is 2.14. The second-order valence-electron chi connectivity index (χ2n) is 7.77. The highest BCUT2D eigenvalue weighted by Crippen LogP contribution is 2.27. The Labute approximate surface area is 179 Å². The van der Waals surface area contributed by atoms with E-state index in [1.807, 2.05) is 12.1 Å². The smallest absolute Gasteiger partial charge is 0.0991 e. The molecule has 2 aromatic carbocycles. The number of aryl methyl sites for hydroxylation is 2. The van der Waals surface area contributed by atoms with Crippen molar-refractivity contribution < 1.29 is 0 Å². The van der Waals surface area contributed by atoms with Crippen molar-refractivity contribution in [2.24, 2.45) is 0 Å². The van der Waals surface area contributed by atoms with Crippen LogP contribution in [0.3, 0.4) is 0 Å². The van der Waals surface area contributed by atoms with Gasteiger partial charge in [-0.3, -0.25) is 0 Å². The minimum Gasteiger partial charge on any atom is -0.381 e. The molecule has 3 heteroatoms. The normalized spacial score (nSPS) is 11.7. The van der Waals surface area contributed by atoms with E-state index >= 15 is 0 Å². The lowest BCUT2D eigenvalue weighted by Crippen LogP contribution is -2.29. The first-order valence-corrected chi connectivity index (χ1v) is 10.5. The van der Waals surface area contributed by atoms with Gasteiger partial charge in [0.15, 0.2) is 0 Å². The van der Waals surface area contributed by atoms with Crippen molar-refractivity contribution >= 4 is 22.2 Å². The predicted octanol–water partition coefficient (Wildman–Crippen LogP) is 6.22. The van der Waals surface area contributed by atoms with E-state index in [0.29, 0.717) is 5.57 Å². The van der Waals surface area contributed by atoms with Crippen molar-refractivity contribution in [3.63, 3.8) is 0 Å². The number of hydrogen-bond donors (Lipinski definition) is 1. The molecule has 1 N–H and O–H groups in total. The largest absolute Gasteiger partial charge is 0.381 e. The summed E-state index contributed by atoms with van der Waals surface area (Å²) < 4.78 is 0. The zero-order valence-electron chi connectivity index (χ0n) is 18.1. The molecule has 3 rings (SSSR count). The van der Waals surface area contributed by atoms with Crippen LogP contribution in [0, 0.1) is 18.3 Å². The Morgan fingerprint density at radius 2 is 1.77 bits per heavy atom. The topological polar surface area (TPSA) is 48.7 Å². The minimum atomic E-state index is 0.253. The molecule has 1 atom stereocenters. The van der Waals surface area contributed by atoms with Gasteiger partial charge < -0.3 is 5.32 Å². The quantitative estimate of drug-likeness (QED) is 0.460. The summed E-state index contributed by atoms with van der Waals surface area (Å²) in [5.74, 6) is 0. The van der Waals surface area contributed by atoms with Gasteiger partial charge in [0.2, 0.25) is 0 Å². The van der Waals surface area contributed by atoms with Crippen LogP contribution in [0.4, 0.5) is 0 Å². The minimum absolute atomic E-state index is 0.253. The van der Waals surface area contributed by atoms with Gasteiger partial charge in [-0.15, -0.1) is 0 Å². The summed E-state index contributed by atoms with van der Waals surface area (Å²) in [6.45, 7) is 14.6. The van der Waals surface area contributed by atoms with Gasteiger partial charge in [0, 0.05) is 17.0 Å². The van der Waals surface area contributed by atoms with Gasteiger partial charge in [-0.05, 0) is 55.5 Å². The molecular formula is C27H29N3. The lowest BCUT2D eigenvalue weighted by molar-refractivity contribution is 0.574. The first kappa shape index (κ1) is 21.3. The molecule has 30 heavy (non-hydrogen) atoms. The number of aromatic nitrogens is 1. The molecule has 1 aromatic heterocycles. The monoisotopic (exact) mass is 395 g/mol. The van der Waals surface area contributed by atoms with E-state index in [1.54, 1.807) is 0 Å². The maximum Gasteiger partial charge on any atom is 0.0991 e. The number of nitriles is 1. The summed E-state index contributed by atoms with van der Waals surface area (Å²) in [4.78, 5) is 4.82. The fourth-order valence-corrected chi connectivity index (χ4v) is 3.58. The van der Waals surface area contributed by atoms with Crippen LogP contribution in [-0.4, -0.2) is 11.0 Å². The second-order valence-corrected chi connectivity index (χ2v) is 7.77. The maximum absolute atomic E-state index is 9.46. The molecular weight excluding hydrogens is 366 g/mol. The third kappa shape index (κ3) is 4.78. The van der Waals surface area contributed by atoms with Crippen LogP contribution < -0.4 is 5.32 Å².